The molecule has 134 valence electrons. The lowest BCUT2D eigenvalue weighted by molar-refractivity contribution is -0.133. The molecule has 3 rings (SSSR count). The summed E-state index contributed by atoms with van der Waals surface area (Å²) in [6.45, 7) is 6.28. The molecule has 1 aromatic carbocycles. The molecule has 1 N–H and O–H groups in total. The van der Waals surface area contributed by atoms with E-state index >= 15 is 0 Å². The molecular weight excluding hydrogens is 314 g/mol. The molecule has 1 atom stereocenters. The number of hydrogen-bond donors (Lipinski definition) is 1. The standard InChI is InChI=1S/C20H27N3O2/c1-16(25)23-10-7-20(8-11-23)6-9-22(14-19(20)15-24)13-18-4-2-17(12-21)3-5-18/h2-5,19,24H,6-11,13-15H2,1H3. The Balaban J connectivity index is 1.61. The zero-order valence-corrected chi connectivity index (χ0v) is 14.9. The van der Waals surface area contributed by atoms with E-state index in [1.807, 2.05) is 29.2 Å². The maximum atomic E-state index is 11.6. The van der Waals surface area contributed by atoms with Gasteiger partial charge in [0.05, 0.1) is 11.6 Å². The van der Waals surface area contributed by atoms with Crippen LogP contribution < -0.4 is 0 Å². The maximum Gasteiger partial charge on any atom is 0.219 e. The van der Waals surface area contributed by atoms with Crippen molar-refractivity contribution >= 4 is 5.91 Å². The Kier molecular flexibility index (Phi) is 5.41. The van der Waals surface area contributed by atoms with Crippen LogP contribution in [0.3, 0.4) is 0 Å². The molecule has 2 aliphatic rings. The van der Waals surface area contributed by atoms with E-state index in [2.05, 4.69) is 11.0 Å². The minimum absolute atomic E-state index is 0.161. The molecule has 2 fully saturated rings. The van der Waals surface area contributed by atoms with Crippen LogP contribution in [0.25, 0.3) is 0 Å². The number of aliphatic hydroxyl groups is 1. The van der Waals surface area contributed by atoms with E-state index < -0.39 is 0 Å². The number of carbonyl (C=O) groups excluding carboxylic acids is 1. The minimum Gasteiger partial charge on any atom is -0.396 e. The number of nitriles is 1. The quantitative estimate of drug-likeness (QED) is 0.913. The van der Waals surface area contributed by atoms with Gasteiger partial charge in [-0.2, -0.15) is 5.26 Å². The van der Waals surface area contributed by atoms with Crippen molar-refractivity contribution in [1.82, 2.24) is 9.80 Å². The van der Waals surface area contributed by atoms with E-state index in [-0.39, 0.29) is 23.8 Å². The maximum absolute atomic E-state index is 11.6. The van der Waals surface area contributed by atoms with Gasteiger partial charge in [-0.1, -0.05) is 12.1 Å². The van der Waals surface area contributed by atoms with Gasteiger partial charge in [-0.15, -0.1) is 0 Å². The van der Waals surface area contributed by atoms with Crippen molar-refractivity contribution in [2.75, 3.05) is 32.8 Å². The summed E-state index contributed by atoms with van der Waals surface area (Å²) in [7, 11) is 0. The molecule has 25 heavy (non-hydrogen) atoms. The molecule has 2 saturated heterocycles. The van der Waals surface area contributed by atoms with E-state index in [1.165, 1.54) is 5.56 Å². The summed E-state index contributed by atoms with van der Waals surface area (Å²) < 4.78 is 0. The van der Waals surface area contributed by atoms with Gasteiger partial charge in [0.15, 0.2) is 0 Å². The molecule has 0 aromatic heterocycles. The Labute approximate surface area is 149 Å². The summed E-state index contributed by atoms with van der Waals surface area (Å²) in [6.07, 6.45) is 3.09. The molecule has 0 radical (unpaired) electrons. The second-order valence-electron chi connectivity index (χ2n) is 7.54. The van der Waals surface area contributed by atoms with Crippen molar-refractivity contribution in [3.05, 3.63) is 35.4 Å². The molecule has 0 aliphatic carbocycles. The van der Waals surface area contributed by atoms with Gasteiger partial charge in [-0.25, -0.2) is 0 Å². The highest BCUT2D eigenvalue weighted by Crippen LogP contribution is 2.45. The Hall–Kier alpha value is -1.90. The number of likely N-dealkylation sites (tertiary alicyclic amines) is 2. The molecule has 1 unspecified atom stereocenters. The average molecular weight is 341 g/mol. The average Bonchev–Trinajstić information content (AvgIpc) is 2.64. The predicted molar refractivity (Wildman–Crippen MR) is 95.5 cm³/mol. The Morgan fingerprint density at radius 3 is 2.44 bits per heavy atom. The molecule has 1 amide bonds. The first kappa shape index (κ1) is 17.9. The molecule has 5 nitrogen and oxygen atoms in total. The van der Waals surface area contributed by atoms with Crippen LogP contribution in [-0.2, 0) is 11.3 Å². The van der Waals surface area contributed by atoms with Gasteiger partial charge in [0, 0.05) is 45.6 Å². The smallest absolute Gasteiger partial charge is 0.219 e. The van der Waals surface area contributed by atoms with Crippen LogP contribution in [0.2, 0.25) is 0 Å². The lowest BCUT2D eigenvalue weighted by atomic mass is 9.64. The van der Waals surface area contributed by atoms with Gasteiger partial charge in [0.25, 0.3) is 0 Å². The van der Waals surface area contributed by atoms with Gasteiger partial charge in [0.1, 0.15) is 0 Å². The van der Waals surface area contributed by atoms with Crippen LogP contribution in [0.4, 0.5) is 0 Å². The molecule has 1 aromatic rings. The largest absolute Gasteiger partial charge is 0.396 e. The van der Waals surface area contributed by atoms with Crippen molar-refractivity contribution in [1.29, 1.82) is 5.26 Å². The lowest BCUT2D eigenvalue weighted by Gasteiger charge is -2.51. The van der Waals surface area contributed by atoms with Crippen LogP contribution in [0.1, 0.15) is 37.3 Å². The van der Waals surface area contributed by atoms with E-state index in [0.29, 0.717) is 5.56 Å². The van der Waals surface area contributed by atoms with Crippen LogP contribution >= 0.6 is 0 Å². The Morgan fingerprint density at radius 2 is 1.88 bits per heavy atom. The van der Waals surface area contributed by atoms with Gasteiger partial charge < -0.3 is 10.0 Å². The number of piperidine rings is 2. The highest BCUT2D eigenvalue weighted by atomic mass is 16.3. The normalized spacial score (nSPS) is 23.4. The summed E-state index contributed by atoms with van der Waals surface area (Å²) in [5.74, 6) is 0.433. The third kappa shape index (κ3) is 3.86. The number of rotatable bonds is 3. The van der Waals surface area contributed by atoms with Gasteiger partial charge >= 0.3 is 0 Å². The topological polar surface area (TPSA) is 67.6 Å². The fourth-order valence-corrected chi connectivity index (χ4v) is 4.44. The number of nitrogens with zero attached hydrogens (tertiary/aromatic N) is 3. The third-order valence-corrected chi connectivity index (χ3v) is 6.18. The van der Waals surface area contributed by atoms with Gasteiger partial charge in [0.2, 0.25) is 5.91 Å². The molecule has 2 aliphatic heterocycles. The van der Waals surface area contributed by atoms with E-state index in [0.717, 1.165) is 52.0 Å². The van der Waals surface area contributed by atoms with Crippen molar-refractivity contribution in [2.45, 2.75) is 32.7 Å². The zero-order valence-electron chi connectivity index (χ0n) is 14.9. The van der Waals surface area contributed by atoms with Crippen LogP contribution in [-0.4, -0.2) is 53.6 Å². The van der Waals surface area contributed by atoms with E-state index in [1.54, 1.807) is 6.92 Å². The third-order valence-electron chi connectivity index (χ3n) is 6.18. The first-order chi connectivity index (χ1) is 12.1. The summed E-state index contributed by atoms with van der Waals surface area (Å²) in [6, 6.07) is 9.91. The number of hydrogen-bond acceptors (Lipinski definition) is 4. The highest BCUT2D eigenvalue weighted by molar-refractivity contribution is 5.73. The predicted octanol–water partition coefficient (Wildman–Crippen LogP) is 2.00. The van der Waals surface area contributed by atoms with Crippen molar-refractivity contribution < 1.29 is 9.90 Å². The minimum atomic E-state index is 0.161. The molecular formula is C20H27N3O2. The number of benzene rings is 1. The monoisotopic (exact) mass is 341 g/mol. The molecule has 1 spiro atoms. The van der Waals surface area contributed by atoms with Crippen molar-refractivity contribution in [3.8, 4) is 6.07 Å². The lowest BCUT2D eigenvalue weighted by Crippen LogP contribution is -2.53. The Bertz CT molecular complexity index is 642. The molecule has 5 heteroatoms. The first-order valence-corrected chi connectivity index (χ1v) is 9.14. The molecule has 0 saturated carbocycles. The van der Waals surface area contributed by atoms with Gasteiger partial charge in [-0.3, -0.25) is 9.69 Å². The van der Waals surface area contributed by atoms with E-state index in [4.69, 9.17) is 5.26 Å². The highest BCUT2D eigenvalue weighted by Gasteiger charge is 2.44. The van der Waals surface area contributed by atoms with Crippen molar-refractivity contribution in [3.63, 3.8) is 0 Å². The second-order valence-corrected chi connectivity index (χ2v) is 7.54. The van der Waals surface area contributed by atoms with Crippen LogP contribution in [0.5, 0.6) is 0 Å². The first-order valence-electron chi connectivity index (χ1n) is 9.14. The summed E-state index contributed by atoms with van der Waals surface area (Å²) >= 11 is 0. The second kappa shape index (κ2) is 7.55. The van der Waals surface area contributed by atoms with E-state index in [9.17, 15) is 9.90 Å². The zero-order chi connectivity index (χ0) is 17.9. The van der Waals surface area contributed by atoms with Gasteiger partial charge in [-0.05, 0) is 48.9 Å². The van der Waals surface area contributed by atoms with Crippen LogP contribution in [0, 0.1) is 22.7 Å². The SMILES string of the molecule is CC(=O)N1CCC2(CCN(Cc3ccc(C#N)cc3)CC2CO)CC1. The number of aliphatic hydroxyl groups excluding tert-OH is 1. The number of amides is 1. The van der Waals surface area contributed by atoms with Crippen LogP contribution in [0.15, 0.2) is 24.3 Å². The fraction of sp³-hybridized carbons (Fsp3) is 0.600. The summed E-state index contributed by atoms with van der Waals surface area (Å²) in [5, 5.41) is 18.9. The fourth-order valence-electron chi connectivity index (χ4n) is 4.44. The summed E-state index contributed by atoms with van der Waals surface area (Å²) in [5.41, 5.74) is 2.08. The molecule has 2 heterocycles. The Morgan fingerprint density at radius 1 is 1.24 bits per heavy atom. The molecule has 0 bridgehead atoms. The van der Waals surface area contributed by atoms with Crippen molar-refractivity contribution in [2.24, 2.45) is 11.3 Å². The summed E-state index contributed by atoms with van der Waals surface area (Å²) in [4.78, 5) is 15.9. The number of carbonyl (C=O) groups is 1.